The Hall–Kier alpha value is -0.880. The topological polar surface area (TPSA) is 58.0 Å². The number of aliphatic hydroxyl groups is 1. The van der Waals surface area contributed by atoms with Gasteiger partial charge in [-0.1, -0.05) is 6.92 Å². The molecule has 0 aliphatic carbocycles. The van der Waals surface area contributed by atoms with Gasteiger partial charge in [0.15, 0.2) is 11.6 Å². The highest BCUT2D eigenvalue weighted by Gasteiger charge is 2.08. The summed E-state index contributed by atoms with van der Waals surface area (Å²) >= 11 is 1.72. The van der Waals surface area contributed by atoms with Gasteiger partial charge in [-0.15, -0.1) is 0 Å². The van der Waals surface area contributed by atoms with E-state index in [1.165, 1.54) is 6.33 Å². The molecule has 0 amide bonds. The Kier molecular flexibility index (Phi) is 6.88. The number of nitrogens with zero attached hydrogens (tertiary/aromatic N) is 2. The molecule has 0 fully saturated rings. The smallest absolute Gasteiger partial charge is 0.186 e. The molecule has 0 unspecified atom stereocenters. The van der Waals surface area contributed by atoms with Gasteiger partial charge >= 0.3 is 0 Å². The second kappa shape index (κ2) is 8.25. The van der Waals surface area contributed by atoms with Crippen molar-refractivity contribution in [2.45, 2.75) is 19.8 Å². The zero-order valence-corrected chi connectivity index (χ0v) is 10.8. The lowest BCUT2D eigenvalue weighted by Crippen LogP contribution is -2.10. The predicted molar refractivity (Wildman–Crippen MR) is 68.9 cm³/mol. The minimum atomic E-state index is -0.352. The van der Waals surface area contributed by atoms with E-state index in [0.29, 0.717) is 18.7 Å². The van der Waals surface area contributed by atoms with Crippen molar-refractivity contribution in [2.75, 3.05) is 30.0 Å². The van der Waals surface area contributed by atoms with Crippen LogP contribution in [0.5, 0.6) is 0 Å². The number of nitrogens with one attached hydrogen (secondary N) is 1. The minimum Gasteiger partial charge on any atom is -0.396 e. The standard InChI is InChI=1S/C11H18FN3OS/c1-2-9-10(12)11(15-8-14-9)13-4-7-17-6-3-5-16/h8,16H,2-7H2,1H3,(H,13,14,15). The van der Waals surface area contributed by atoms with Gasteiger partial charge in [-0.3, -0.25) is 0 Å². The first kappa shape index (κ1) is 14.2. The Morgan fingerprint density at radius 1 is 1.41 bits per heavy atom. The summed E-state index contributed by atoms with van der Waals surface area (Å²) in [4.78, 5) is 7.74. The average Bonchev–Trinajstić information content (AvgIpc) is 2.35. The molecule has 1 aromatic rings. The van der Waals surface area contributed by atoms with Crippen LogP contribution in [-0.4, -0.2) is 39.7 Å². The van der Waals surface area contributed by atoms with Crippen LogP contribution in [0, 0.1) is 5.82 Å². The van der Waals surface area contributed by atoms with Gasteiger partial charge in [0.1, 0.15) is 6.33 Å². The number of anilines is 1. The summed E-state index contributed by atoms with van der Waals surface area (Å²) in [5, 5.41) is 11.6. The first-order valence-corrected chi connectivity index (χ1v) is 6.87. The van der Waals surface area contributed by atoms with Crippen LogP contribution in [0.25, 0.3) is 0 Å². The largest absolute Gasteiger partial charge is 0.396 e. The van der Waals surface area contributed by atoms with E-state index in [0.717, 1.165) is 17.9 Å². The number of hydrogen-bond donors (Lipinski definition) is 2. The zero-order valence-electron chi connectivity index (χ0n) is 9.95. The van der Waals surface area contributed by atoms with Crippen molar-refractivity contribution >= 4 is 17.6 Å². The van der Waals surface area contributed by atoms with Gasteiger partial charge in [-0.05, 0) is 18.6 Å². The molecule has 0 spiro atoms. The number of hydrogen-bond acceptors (Lipinski definition) is 5. The molecule has 2 N–H and O–H groups in total. The van der Waals surface area contributed by atoms with Crippen molar-refractivity contribution in [3.8, 4) is 0 Å². The van der Waals surface area contributed by atoms with Crippen LogP contribution in [0.3, 0.4) is 0 Å². The second-order valence-corrected chi connectivity index (χ2v) is 4.68. The van der Waals surface area contributed by atoms with Crippen LogP contribution in [0.15, 0.2) is 6.33 Å². The Labute approximate surface area is 105 Å². The number of thioether (sulfide) groups is 1. The Bertz CT molecular complexity index is 338. The lowest BCUT2D eigenvalue weighted by Gasteiger charge is -2.07. The molecule has 0 aromatic carbocycles. The molecular formula is C11H18FN3OS. The molecule has 6 heteroatoms. The van der Waals surface area contributed by atoms with Crippen molar-refractivity contribution in [1.82, 2.24) is 9.97 Å². The first-order valence-electron chi connectivity index (χ1n) is 5.71. The summed E-state index contributed by atoms with van der Waals surface area (Å²) < 4.78 is 13.7. The van der Waals surface area contributed by atoms with Gasteiger partial charge in [-0.2, -0.15) is 11.8 Å². The molecule has 0 bridgehead atoms. The first-order chi connectivity index (χ1) is 8.29. The maximum atomic E-state index is 13.7. The van der Waals surface area contributed by atoms with Crippen LogP contribution >= 0.6 is 11.8 Å². The summed E-state index contributed by atoms with van der Waals surface area (Å²) in [6, 6.07) is 0. The summed E-state index contributed by atoms with van der Waals surface area (Å²) in [5.74, 6) is 1.71. The van der Waals surface area contributed by atoms with E-state index in [4.69, 9.17) is 5.11 Å². The van der Waals surface area contributed by atoms with E-state index in [-0.39, 0.29) is 18.2 Å². The second-order valence-electron chi connectivity index (χ2n) is 3.45. The lowest BCUT2D eigenvalue weighted by molar-refractivity contribution is 0.296. The van der Waals surface area contributed by atoms with Crippen LogP contribution in [0.1, 0.15) is 19.0 Å². The number of halogens is 1. The maximum Gasteiger partial charge on any atom is 0.186 e. The predicted octanol–water partition coefficient (Wildman–Crippen LogP) is 1.71. The molecule has 0 aliphatic heterocycles. The van der Waals surface area contributed by atoms with Crippen molar-refractivity contribution in [2.24, 2.45) is 0 Å². The highest BCUT2D eigenvalue weighted by molar-refractivity contribution is 7.99. The summed E-state index contributed by atoms with van der Waals surface area (Å²) in [6.07, 6.45) is 2.74. The normalized spacial score (nSPS) is 10.5. The monoisotopic (exact) mass is 259 g/mol. The minimum absolute atomic E-state index is 0.223. The van der Waals surface area contributed by atoms with Gasteiger partial charge in [0, 0.05) is 18.9 Å². The molecule has 0 saturated carbocycles. The molecule has 0 atom stereocenters. The van der Waals surface area contributed by atoms with Crippen molar-refractivity contribution < 1.29 is 9.50 Å². The molecule has 4 nitrogen and oxygen atoms in total. The van der Waals surface area contributed by atoms with E-state index < -0.39 is 0 Å². The van der Waals surface area contributed by atoms with Crippen molar-refractivity contribution in [3.05, 3.63) is 17.8 Å². The number of aliphatic hydroxyl groups excluding tert-OH is 1. The van der Waals surface area contributed by atoms with Crippen molar-refractivity contribution in [1.29, 1.82) is 0 Å². The molecule has 0 radical (unpaired) electrons. The van der Waals surface area contributed by atoms with E-state index in [1.54, 1.807) is 11.8 Å². The quantitative estimate of drug-likeness (QED) is 0.696. The van der Waals surface area contributed by atoms with Crippen LogP contribution < -0.4 is 5.32 Å². The summed E-state index contributed by atoms with van der Waals surface area (Å²) in [5.41, 5.74) is 0.440. The third-order valence-electron chi connectivity index (χ3n) is 2.18. The fourth-order valence-corrected chi connectivity index (χ4v) is 2.07. The van der Waals surface area contributed by atoms with Gasteiger partial charge in [0.2, 0.25) is 0 Å². The fraction of sp³-hybridized carbons (Fsp3) is 0.636. The maximum absolute atomic E-state index is 13.7. The molecule has 1 rings (SSSR count). The number of aromatic nitrogens is 2. The summed E-state index contributed by atoms with van der Waals surface area (Å²) in [6.45, 7) is 2.74. The third kappa shape index (κ3) is 4.87. The average molecular weight is 259 g/mol. The number of rotatable bonds is 8. The SMILES string of the molecule is CCc1ncnc(NCCSCCCO)c1F. The Morgan fingerprint density at radius 2 is 2.24 bits per heavy atom. The molecule has 96 valence electrons. The molecule has 17 heavy (non-hydrogen) atoms. The molecule has 0 aliphatic rings. The summed E-state index contributed by atoms with van der Waals surface area (Å²) in [7, 11) is 0. The van der Waals surface area contributed by atoms with E-state index in [9.17, 15) is 4.39 Å². The van der Waals surface area contributed by atoms with E-state index in [2.05, 4.69) is 15.3 Å². The van der Waals surface area contributed by atoms with Crippen LogP contribution in [-0.2, 0) is 6.42 Å². The van der Waals surface area contributed by atoms with Gasteiger partial charge in [0.05, 0.1) is 5.69 Å². The van der Waals surface area contributed by atoms with E-state index >= 15 is 0 Å². The molecule has 0 saturated heterocycles. The van der Waals surface area contributed by atoms with Crippen LogP contribution in [0.2, 0.25) is 0 Å². The van der Waals surface area contributed by atoms with Gasteiger partial charge < -0.3 is 10.4 Å². The molecular weight excluding hydrogens is 241 g/mol. The molecule has 1 aromatic heterocycles. The third-order valence-corrected chi connectivity index (χ3v) is 3.25. The highest BCUT2D eigenvalue weighted by Crippen LogP contribution is 2.13. The highest BCUT2D eigenvalue weighted by atomic mass is 32.2. The Balaban J connectivity index is 2.31. The van der Waals surface area contributed by atoms with Gasteiger partial charge in [-0.25, -0.2) is 14.4 Å². The van der Waals surface area contributed by atoms with Crippen molar-refractivity contribution in [3.63, 3.8) is 0 Å². The Morgan fingerprint density at radius 3 is 2.94 bits per heavy atom. The zero-order chi connectivity index (χ0) is 12.5. The molecule has 1 heterocycles. The lowest BCUT2D eigenvalue weighted by atomic mass is 10.3. The van der Waals surface area contributed by atoms with Crippen LogP contribution in [0.4, 0.5) is 10.2 Å². The number of aryl methyl sites for hydroxylation is 1. The van der Waals surface area contributed by atoms with Gasteiger partial charge in [0.25, 0.3) is 0 Å². The fourth-order valence-electron chi connectivity index (χ4n) is 1.29. The van der Waals surface area contributed by atoms with E-state index in [1.807, 2.05) is 6.92 Å².